The summed E-state index contributed by atoms with van der Waals surface area (Å²) in [6.07, 6.45) is 2.90. The van der Waals surface area contributed by atoms with Crippen molar-refractivity contribution in [2.75, 3.05) is 41.0 Å². The topological polar surface area (TPSA) is 88.5 Å². The van der Waals surface area contributed by atoms with Crippen molar-refractivity contribution in [3.8, 4) is 11.5 Å². The van der Waals surface area contributed by atoms with Gasteiger partial charge in [0.2, 0.25) is 0 Å². The van der Waals surface area contributed by atoms with E-state index in [0.29, 0.717) is 30.6 Å². The van der Waals surface area contributed by atoms with Crippen LogP contribution in [0, 0.1) is 0 Å². The van der Waals surface area contributed by atoms with E-state index in [1.165, 1.54) is 5.56 Å². The molecule has 0 aliphatic carbocycles. The fraction of sp³-hybridized carbons (Fsp3) is 0.536. The van der Waals surface area contributed by atoms with E-state index in [-0.39, 0.29) is 19.2 Å². The molecule has 2 rings (SSSR count). The second-order valence-corrected chi connectivity index (χ2v) is 8.80. The summed E-state index contributed by atoms with van der Waals surface area (Å²) in [5, 5.41) is 19.3. The lowest BCUT2D eigenvalue weighted by Gasteiger charge is -2.32. The molecule has 2 N–H and O–H groups in total. The Morgan fingerprint density at radius 3 is 2.26 bits per heavy atom. The van der Waals surface area contributed by atoms with Crippen molar-refractivity contribution >= 4 is 5.97 Å². The van der Waals surface area contributed by atoms with E-state index in [1.54, 1.807) is 20.3 Å². The standard InChI is InChI=1S/C28H41NO6/c1-6-28(27(32)35-7-2,24-11-10-22(19-30)23(18-24)20-31)14-8-15-29(3)16-13-21-9-12-25(33-4)26(17-21)34-5/h9-12,17-18,30-31H,6-8,13-16,19-20H2,1-5H3. The number of carbonyl (C=O) groups excluding carboxylic acids is 1. The molecule has 0 amide bonds. The quantitative estimate of drug-likeness (QED) is 0.369. The first-order chi connectivity index (χ1) is 16.9. The van der Waals surface area contributed by atoms with E-state index >= 15 is 0 Å². The molecule has 0 aliphatic rings. The number of likely N-dealkylation sites (N-methyl/N-ethyl adjacent to an activating group) is 1. The van der Waals surface area contributed by atoms with Gasteiger partial charge >= 0.3 is 5.97 Å². The average molecular weight is 488 g/mol. The molecule has 1 unspecified atom stereocenters. The first-order valence-electron chi connectivity index (χ1n) is 12.3. The van der Waals surface area contributed by atoms with Crippen LogP contribution in [0.2, 0.25) is 0 Å². The molecule has 0 saturated heterocycles. The van der Waals surface area contributed by atoms with Gasteiger partial charge in [0.15, 0.2) is 11.5 Å². The van der Waals surface area contributed by atoms with Crippen LogP contribution in [0.25, 0.3) is 0 Å². The van der Waals surface area contributed by atoms with Crippen molar-refractivity contribution in [3.05, 3.63) is 58.7 Å². The SMILES string of the molecule is CCOC(=O)C(CC)(CCCN(C)CCc1ccc(OC)c(OC)c1)c1ccc(CO)c(CO)c1. The Morgan fingerprint density at radius 2 is 1.66 bits per heavy atom. The first-order valence-corrected chi connectivity index (χ1v) is 12.3. The van der Waals surface area contributed by atoms with Crippen LogP contribution in [0.5, 0.6) is 11.5 Å². The summed E-state index contributed by atoms with van der Waals surface area (Å²) in [7, 11) is 5.35. The number of rotatable bonds is 15. The Balaban J connectivity index is 2.09. The van der Waals surface area contributed by atoms with Gasteiger partial charge in [-0.3, -0.25) is 4.79 Å². The third kappa shape index (κ3) is 7.19. The number of hydrogen-bond acceptors (Lipinski definition) is 7. The van der Waals surface area contributed by atoms with E-state index in [1.807, 2.05) is 44.2 Å². The molecule has 194 valence electrons. The highest BCUT2D eigenvalue weighted by Gasteiger charge is 2.40. The van der Waals surface area contributed by atoms with Gasteiger partial charge in [0.1, 0.15) is 0 Å². The van der Waals surface area contributed by atoms with Crippen LogP contribution in [-0.4, -0.2) is 62.0 Å². The summed E-state index contributed by atoms with van der Waals surface area (Å²) in [4.78, 5) is 15.4. The van der Waals surface area contributed by atoms with E-state index in [2.05, 4.69) is 11.9 Å². The maximum atomic E-state index is 13.2. The van der Waals surface area contributed by atoms with Gasteiger partial charge in [-0.25, -0.2) is 0 Å². The first kappa shape index (κ1) is 28.6. The minimum Gasteiger partial charge on any atom is -0.493 e. The van der Waals surface area contributed by atoms with Gasteiger partial charge < -0.3 is 29.3 Å². The third-order valence-corrected chi connectivity index (χ3v) is 6.74. The van der Waals surface area contributed by atoms with Gasteiger partial charge in [-0.15, -0.1) is 0 Å². The van der Waals surface area contributed by atoms with Crippen LogP contribution in [-0.2, 0) is 34.6 Å². The summed E-state index contributed by atoms with van der Waals surface area (Å²) >= 11 is 0. The molecule has 0 aliphatic heterocycles. The number of aliphatic hydroxyl groups is 2. The lowest BCUT2D eigenvalue weighted by molar-refractivity contribution is -0.150. The molecule has 0 heterocycles. The molecule has 1 atom stereocenters. The van der Waals surface area contributed by atoms with E-state index in [4.69, 9.17) is 14.2 Å². The van der Waals surface area contributed by atoms with Gasteiger partial charge in [-0.05, 0) is 80.6 Å². The minimum atomic E-state index is -0.794. The van der Waals surface area contributed by atoms with Gasteiger partial charge in [-0.1, -0.05) is 31.2 Å². The summed E-state index contributed by atoms with van der Waals surface area (Å²) in [6, 6.07) is 11.5. The molecule has 0 fully saturated rings. The normalized spacial score (nSPS) is 12.9. The van der Waals surface area contributed by atoms with Crippen LogP contribution >= 0.6 is 0 Å². The Morgan fingerprint density at radius 1 is 0.943 bits per heavy atom. The lowest BCUT2D eigenvalue weighted by Crippen LogP contribution is -2.38. The van der Waals surface area contributed by atoms with Gasteiger partial charge in [0.05, 0.1) is 39.5 Å². The molecule has 0 saturated carbocycles. The Kier molecular flexibility index (Phi) is 11.5. The monoisotopic (exact) mass is 487 g/mol. The van der Waals surface area contributed by atoms with Crippen molar-refractivity contribution in [2.45, 2.75) is 58.2 Å². The predicted octanol–water partition coefficient (Wildman–Crippen LogP) is 3.85. The predicted molar refractivity (Wildman–Crippen MR) is 137 cm³/mol. The number of aliphatic hydroxyl groups excluding tert-OH is 2. The zero-order valence-corrected chi connectivity index (χ0v) is 21.8. The Labute approximate surface area is 209 Å². The summed E-state index contributed by atoms with van der Waals surface area (Å²) < 4.78 is 16.2. The highest BCUT2D eigenvalue weighted by molar-refractivity contribution is 5.83. The molecule has 2 aromatic rings. The Bertz CT molecular complexity index is 947. The Hall–Kier alpha value is -2.61. The van der Waals surface area contributed by atoms with Gasteiger partial charge in [-0.2, -0.15) is 0 Å². The molecule has 2 aromatic carbocycles. The maximum absolute atomic E-state index is 13.2. The summed E-state index contributed by atoms with van der Waals surface area (Å²) in [5.74, 6) is 1.20. The number of carbonyl (C=O) groups is 1. The van der Waals surface area contributed by atoms with Gasteiger partial charge in [0, 0.05) is 6.54 Å². The molecule has 7 nitrogen and oxygen atoms in total. The van der Waals surface area contributed by atoms with Crippen molar-refractivity contribution in [2.24, 2.45) is 0 Å². The highest BCUT2D eigenvalue weighted by Crippen LogP contribution is 2.36. The number of ether oxygens (including phenoxy) is 3. The number of methoxy groups -OCH3 is 2. The maximum Gasteiger partial charge on any atom is 0.316 e. The molecule has 7 heteroatoms. The zero-order chi connectivity index (χ0) is 25.8. The van der Waals surface area contributed by atoms with Crippen molar-refractivity contribution in [1.82, 2.24) is 4.90 Å². The smallest absolute Gasteiger partial charge is 0.316 e. The minimum absolute atomic E-state index is 0.153. The van der Waals surface area contributed by atoms with Crippen LogP contribution in [0.1, 0.15) is 55.4 Å². The molecule has 0 spiro atoms. The third-order valence-electron chi connectivity index (χ3n) is 6.74. The molecule has 35 heavy (non-hydrogen) atoms. The fourth-order valence-electron chi connectivity index (χ4n) is 4.50. The van der Waals surface area contributed by atoms with E-state index in [9.17, 15) is 15.0 Å². The molecular formula is C28H41NO6. The highest BCUT2D eigenvalue weighted by atomic mass is 16.5. The zero-order valence-electron chi connectivity index (χ0n) is 21.8. The van der Waals surface area contributed by atoms with Crippen LogP contribution in [0.3, 0.4) is 0 Å². The number of hydrogen-bond donors (Lipinski definition) is 2. The number of benzene rings is 2. The van der Waals surface area contributed by atoms with Crippen molar-refractivity contribution < 1.29 is 29.2 Å². The number of esters is 1. The van der Waals surface area contributed by atoms with Crippen molar-refractivity contribution in [3.63, 3.8) is 0 Å². The van der Waals surface area contributed by atoms with Crippen LogP contribution in [0.15, 0.2) is 36.4 Å². The average Bonchev–Trinajstić information content (AvgIpc) is 2.89. The summed E-state index contributed by atoms with van der Waals surface area (Å²) in [5.41, 5.74) is 2.51. The summed E-state index contributed by atoms with van der Waals surface area (Å²) in [6.45, 7) is 5.48. The van der Waals surface area contributed by atoms with E-state index in [0.717, 1.165) is 43.0 Å². The number of nitrogens with zero attached hydrogens (tertiary/aromatic N) is 1. The van der Waals surface area contributed by atoms with E-state index < -0.39 is 5.41 Å². The van der Waals surface area contributed by atoms with Crippen LogP contribution < -0.4 is 9.47 Å². The molecular weight excluding hydrogens is 446 g/mol. The van der Waals surface area contributed by atoms with Crippen molar-refractivity contribution in [1.29, 1.82) is 0 Å². The lowest BCUT2D eigenvalue weighted by atomic mass is 9.73. The molecule has 0 bridgehead atoms. The molecule has 0 aromatic heterocycles. The van der Waals surface area contributed by atoms with Gasteiger partial charge in [0.25, 0.3) is 0 Å². The largest absolute Gasteiger partial charge is 0.493 e. The van der Waals surface area contributed by atoms with Crippen LogP contribution in [0.4, 0.5) is 0 Å². The second kappa shape index (κ2) is 14.1. The molecule has 0 radical (unpaired) electrons. The second-order valence-electron chi connectivity index (χ2n) is 8.80. The fourth-order valence-corrected chi connectivity index (χ4v) is 4.50.